The summed E-state index contributed by atoms with van der Waals surface area (Å²) >= 11 is 6.22. The topological polar surface area (TPSA) is 60.5 Å². The third-order valence-corrected chi connectivity index (χ3v) is 4.47. The molecule has 0 spiro atoms. The summed E-state index contributed by atoms with van der Waals surface area (Å²) in [5, 5.41) is 4.73. The molecule has 134 valence electrons. The summed E-state index contributed by atoms with van der Waals surface area (Å²) in [7, 11) is 1.61. The molecule has 0 fully saturated rings. The lowest BCUT2D eigenvalue weighted by Gasteiger charge is -2.16. The van der Waals surface area contributed by atoms with Crippen LogP contribution in [0.4, 0.5) is 11.4 Å². The van der Waals surface area contributed by atoms with Crippen LogP contribution in [-0.2, 0) is 4.74 Å². The molecule has 0 aliphatic rings. The minimum Gasteiger partial charge on any atom is -0.497 e. The Labute approximate surface area is 156 Å². The number of anilines is 2. The van der Waals surface area contributed by atoms with Crippen LogP contribution in [0.5, 0.6) is 5.75 Å². The van der Waals surface area contributed by atoms with Crippen LogP contribution in [0.25, 0.3) is 10.9 Å². The van der Waals surface area contributed by atoms with E-state index in [1.807, 2.05) is 37.3 Å². The van der Waals surface area contributed by atoms with Crippen LogP contribution in [0.15, 0.2) is 42.6 Å². The number of aryl methyl sites for hydroxylation is 1. The lowest BCUT2D eigenvalue weighted by Crippen LogP contribution is -2.09. The van der Waals surface area contributed by atoms with Gasteiger partial charge in [-0.05, 0) is 43.7 Å². The Morgan fingerprint density at radius 3 is 2.81 bits per heavy atom. The normalized spacial score (nSPS) is 10.6. The average molecular weight is 371 g/mol. The second-order valence-electron chi connectivity index (χ2n) is 5.69. The van der Waals surface area contributed by atoms with E-state index in [1.165, 1.54) is 6.20 Å². The van der Waals surface area contributed by atoms with Crippen LogP contribution in [0.2, 0.25) is 5.02 Å². The first kappa shape index (κ1) is 18.0. The molecule has 5 nitrogen and oxygen atoms in total. The molecule has 0 saturated carbocycles. The van der Waals surface area contributed by atoms with E-state index in [2.05, 4.69) is 10.3 Å². The molecule has 3 aromatic rings. The maximum atomic E-state index is 12.4. The van der Waals surface area contributed by atoms with Gasteiger partial charge in [-0.15, -0.1) is 0 Å². The maximum Gasteiger partial charge on any atom is 0.341 e. The second-order valence-corrected chi connectivity index (χ2v) is 6.10. The number of methoxy groups -OCH3 is 1. The van der Waals surface area contributed by atoms with Crippen LogP contribution < -0.4 is 10.1 Å². The molecule has 1 N–H and O–H groups in total. The highest BCUT2D eigenvalue weighted by Crippen LogP contribution is 2.34. The smallest absolute Gasteiger partial charge is 0.341 e. The summed E-state index contributed by atoms with van der Waals surface area (Å²) in [5.74, 6) is 0.283. The highest BCUT2D eigenvalue weighted by Gasteiger charge is 2.18. The van der Waals surface area contributed by atoms with E-state index in [0.717, 1.165) is 22.2 Å². The molecular weight excluding hydrogens is 352 g/mol. The van der Waals surface area contributed by atoms with Gasteiger partial charge in [-0.3, -0.25) is 4.98 Å². The molecule has 0 unspecified atom stereocenters. The number of carbonyl (C=O) groups excluding carboxylic acids is 1. The highest BCUT2D eigenvalue weighted by atomic mass is 35.5. The van der Waals surface area contributed by atoms with Gasteiger partial charge in [-0.1, -0.05) is 17.7 Å². The molecule has 0 aliphatic heterocycles. The van der Waals surface area contributed by atoms with Gasteiger partial charge < -0.3 is 14.8 Å². The van der Waals surface area contributed by atoms with Crippen molar-refractivity contribution < 1.29 is 14.3 Å². The van der Waals surface area contributed by atoms with Crippen LogP contribution in [0.3, 0.4) is 0 Å². The fraction of sp³-hybridized carbons (Fsp3) is 0.200. The van der Waals surface area contributed by atoms with Gasteiger partial charge in [-0.2, -0.15) is 0 Å². The van der Waals surface area contributed by atoms with Crippen molar-refractivity contribution in [2.45, 2.75) is 13.8 Å². The first-order chi connectivity index (χ1) is 12.5. The number of nitrogens with zero attached hydrogens (tertiary/aromatic N) is 1. The molecule has 26 heavy (non-hydrogen) atoms. The summed E-state index contributed by atoms with van der Waals surface area (Å²) in [5.41, 5.74) is 3.37. The SMILES string of the molecule is CCOC(=O)c1cnc2c(C)c(Cl)ccc2c1Nc1cccc(OC)c1. The third-order valence-electron chi connectivity index (χ3n) is 4.06. The van der Waals surface area contributed by atoms with Crippen molar-refractivity contribution in [3.63, 3.8) is 0 Å². The quantitative estimate of drug-likeness (QED) is 0.631. The van der Waals surface area contributed by atoms with E-state index < -0.39 is 5.97 Å². The van der Waals surface area contributed by atoms with Gasteiger partial charge in [0.05, 0.1) is 24.9 Å². The largest absolute Gasteiger partial charge is 0.497 e. The van der Waals surface area contributed by atoms with E-state index >= 15 is 0 Å². The number of halogens is 1. The van der Waals surface area contributed by atoms with Crippen LogP contribution >= 0.6 is 11.6 Å². The fourth-order valence-electron chi connectivity index (χ4n) is 2.73. The van der Waals surface area contributed by atoms with Crippen LogP contribution in [0.1, 0.15) is 22.8 Å². The molecule has 6 heteroatoms. The molecular formula is C20H19ClN2O3. The molecule has 1 aromatic heterocycles. The summed E-state index contributed by atoms with van der Waals surface area (Å²) in [6.07, 6.45) is 1.52. The van der Waals surface area contributed by atoms with E-state index in [1.54, 1.807) is 20.1 Å². The van der Waals surface area contributed by atoms with Crippen LogP contribution in [0, 0.1) is 6.92 Å². The zero-order valence-corrected chi connectivity index (χ0v) is 15.6. The van der Waals surface area contributed by atoms with E-state index in [9.17, 15) is 4.79 Å². The van der Waals surface area contributed by atoms with Gasteiger partial charge in [0, 0.05) is 28.4 Å². The fourth-order valence-corrected chi connectivity index (χ4v) is 2.88. The molecule has 0 saturated heterocycles. The van der Waals surface area contributed by atoms with Gasteiger partial charge >= 0.3 is 5.97 Å². The Morgan fingerprint density at radius 2 is 2.08 bits per heavy atom. The molecule has 0 aliphatic carbocycles. The number of pyridine rings is 1. The first-order valence-electron chi connectivity index (χ1n) is 8.21. The summed E-state index contributed by atoms with van der Waals surface area (Å²) in [6, 6.07) is 11.1. The number of hydrogen-bond donors (Lipinski definition) is 1. The number of ether oxygens (including phenoxy) is 2. The molecule has 0 atom stereocenters. The number of fused-ring (bicyclic) bond motifs is 1. The maximum absolute atomic E-state index is 12.4. The van der Waals surface area contributed by atoms with Gasteiger partial charge in [0.2, 0.25) is 0 Å². The van der Waals surface area contributed by atoms with Gasteiger partial charge in [0.15, 0.2) is 0 Å². The van der Waals surface area contributed by atoms with Gasteiger partial charge in [0.25, 0.3) is 0 Å². The number of nitrogens with one attached hydrogen (secondary N) is 1. The number of aromatic nitrogens is 1. The Balaban J connectivity index is 2.19. The van der Waals surface area contributed by atoms with Crippen molar-refractivity contribution in [1.82, 2.24) is 4.98 Å². The molecule has 0 radical (unpaired) electrons. The highest BCUT2D eigenvalue weighted by molar-refractivity contribution is 6.32. The Bertz CT molecular complexity index is 973. The molecule has 2 aromatic carbocycles. The third kappa shape index (κ3) is 3.44. The van der Waals surface area contributed by atoms with Crippen molar-refractivity contribution in [3.8, 4) is 5.75 Å². The number of carbonyl (C=O) groups is 1. The first-order valence-corrected chi connectivity index (χ1v) is 8.59. The van der Waals surface area contributed by atoms with Crippen molar-refractivity contribution in [2.75, 3.05) is 19.0 Å². The Kier molecular flexibility index (Phi) is 5.28. The molecule has 0 amide bonds. The van der Waals surface area contributed by atoms with Crippen LogP contribution in [-0.4, -0.2) is 24.7 Å². The predicted molar refractivity (Wildman–Crippen MR) is 104 cm³/mol. The predicted octanol–water partition coefficient (Wildman–Crippen LogP) is 5.13. The summed E-state index contributed by atoms with van der Waals surface area (Å²) < 4.78 is 10.5. The monoisotopic (exact) mass is 370 g/mol. The van der Waals surface area contributed by atoms with Crippen molar-refractivity contribution in [1.29, 1.82) is 0 Å². The zero-order chi connectivity index (χ0) is 18.7. The lowest BCUT2D eigenvalue weighted by atomic mass is 10.1. The van der Waals surface area contributed by atoms with E-state index in [0.29, 0.717) is 22.0 Å². The van der Waals surface area contributed by atoms with E-state index in [-0.39, 0.29) is 6.61 Å². The minimum absolute atomic E-state index is 0.287. The van der Waals surface area contributed by atoms with Crippen molar-refractivity contribution in [2.24, 2.45) is 0 Å². The number of esters is 1. The Hall–Kier alpha value is -2.79. The standard InChI is InChI=1S/C20H19ClN2O3/c1-4-26-20(24)16-11-22-18-12(2)17(21)9-8-15(18)19(16)23-13-6-5-7-14(10-13)25-3/h5-11H,4H2,1-3H3,(H,22,23). The van der Waals surface area contributed by atoms with Gasteiger partial charge in [0.1, 0.15) is 11.3 Å². The molecule has 0 bridgehead atoms. The molecule has 3 rings (SSSR count). The number of hydrogen-bond acceptors (Lipinski definition) is 5. The Morgan fingerprint density at radius 1 is 1.27 bits per heavy atom. The summed E-state index contributed by atoms with van der Waals surface area (Å²) in [4.78, 5) is 16.9. The van der Waals surface area contributed by atoms with E-state index in [4.69, 9.17) is 21.1 Å². The second kappa shape index (κ2) is 7.62. The number of benzene rings is 2. The van der Waals surface area contributed by atoms with Crippen molar-refractivity contribution >= 4 is 39.8 Å². The zero-order valence-electron chi connectivity index (χ0n) is 14.8. The summed E-state index contributed by atoms with van der Waals surface area (Å²) in [6.45, 7) is 3.96. The van der Waals surface area contributed by atoms with Crippen molar-refractivity contribution in [3.05, 3.63) is 58.7 Å². The minimum atomic E-state index is -0.431. The molecule has 1 heterocycles. The lowest BCUT2D eigenvalue weighted by molar-refractivity contribution is 0.0527. The van der Waals surface area contributed by atoms with Gasteiger partial charge in [-0.25, -0.2) is 4.79 Å². The average Bonchev–Trinajstić information content (AvgIpc) is 2.65. The number of rotatable bonds is 5.